The molecule has 0 radical (unpaired) electrons. The third-order valence-corrected chi connectivity index (χ3v) is 1.86. The van der Waals surface area contributed by atoms with Gasteiger partial charge in [-0.2, -0.15) is 0 Å². The molecule has 0 atom stereocenters. The number of rotatable bonds is 2. The van der Waals surface area contributed by atoms with Crippen LogP contribution in [-0.4, -0.2) is 17.2 Å². The zero-order chi connectivity index (χ0) is 8.27. The number of hydrogen-bond acceptors (Lipinski definition) is 4. The fraction of sp³-hybridized carbons (Fsp3) is 0. The molecule has 1 aromatic rings. The van der Waals surface area contributed by atoms with E-state index in [1.54, 1.807) is 24.3 Å². The second kappa shape index (κ2) is 3.78. The Morgan fingerprint density at radius 1 is 1.18 bits per heavy atom. The van der Waals surface area contributed by atoms with E-state index in [1.807, 2.05) is 0 Å². The topological polar surface area (TPSA) is 66.5 Å². The van der Waals surface area contributed by atoms with Crippen molar-refractivity contribution in [2.45, 2.75) is 4.90 Å². The standard InChI is InChI=1S/C6H8BNO2S/c8-11-6-3-1-5(2-4-6)7(9)10/h1-4,9-10H,8H2. The molecular weight excluding hydrogens is 161 g/mol. The summed E-state index contributed by atoms with van der Waals surface area (Å²) in [5.41, 5.74) is 0.475. The second-order valence-electron chi connectivity index (χ2n) is 2.06. The molecule has 0 amide bonds. The van der Waals surface area contributed by atoms with Gasteiger partial charge in [0.1, 0.15) is 0 Å². The lowest BCUT2D eigenvalue weighted by Gasteiger charge is -1.99. The molecule has 0 aliphatic carbocycles. The molecule has 0 aliphatic heterocycles. The van der Waals surface area contributed by atoms with Gasteiger partial charge >= 0.3 is 7.12 Å². The van der Waals surface area contributed by atoms with E-state index >= 15 is 0 Å². The van der Waals surface area contributed by atoms with E-state index in [1.165, 1.54) is 0 Å². The van der Waals surface area contributed by atoms with Crippen molar-refractivity contribution in [2.24, 2.45) is 5.14 Å². The third-order valence-electron chi connectivity index (χ3n) is 1.31. The molecule has 5 heteroatoms. The average Bonchev–Trinajstić information content (AvgIpc) is 2.05. The fourth-order valence-electron chi connectivity index (χ4n) is 0.719. The maximum atomic E-state index is 8.70. The van der Waals surface area contributed by atoms with Gasteiger partial charge in [-0.3, -0.25) is 5.14 Å². The van der Waals surface area contributed by atoms with E-state index in [2.05, 4.69) is 0 Å². The number of nitrogens with two attached hydrogens (primary N) is 1. The summed E-state index contributed by atoms with van der Waals surface area (Å²) in [7, 11) is -1.40. The van der Waals surface area contributed by atoms with Crippen LogP contribution in [0.4, 0.5) is 0 Å². The molecule has 0 saturated heterocycles. The number of hydrogen-bond donors (Lipinski definition) is 3. The first-order chi connectivity index (χ1) is 5.24. The zero-order valence-corrected chi connectivity index (χ0v) is 6.58. The molecule has 0 spiro atoms. The van der Waals surface area contributed by atoms with Gasteiger partial charge in [-0.25, -0.2) is 0 Å². The van der Waals surface area contributed by atoms with Gasteiger partial charge < -0.3 is 10.0 Å². The van der Waals surface area contributed by atoms with Gasteiger partial charge in [-0.1, -0.05) is 12.1 Å². The van der Waals surface area contributed by atoms with Crippen LogP contribution in [0.5, 0.6) is 0 Å². The van der Waals surface area contributed by atoms with Crippen LogP contribution in [0.15, 0.2) is 29.2 Å². The summed E-state index contributed by atoms with van der Waals surface area (Å²) >= 11 is 1.13. The minimum atomic E-state index is -1.40. The van der Waals surface area contributed by atoms with E-state index in [0.29, 0.717) is 5.46 Å². The number of benzene rings is 1. The van der Waals surface area contributed by atoms with Gasteiger partial charge in [0.15, 0.2) is 0 Å². The second-order valence-corrected chi connectivity index (χ2v) is 2.77. The van der Waals surface area contributed by atoms with Crippen molar-refractivity contribution in [3.63, 3.8) is 0 Å². The SMILES string of the molecule is NSc1ccc(B(O)O)cc1. The van der Waals surface area contributed by atoms with Crippen molar-refractivity contribution in [1.82, 2.24) is 0 Å². The lowest BCUT2D eigenvalue weighted by atomic mass is 9.81. The first kappa shape index (κ1) is 8.61. The zero-order valence-electron chi connectivity index (χ0n) is 5.77. The predicted octanol–water partition coefficient (Wildman–Crippen LogP) is -0.668. The monoisotopic (exact) mass is 169 g/mol. The molecule has 0 fully saturated rings. The summed E-state index contributed by atoms with van der Waals surface area (Å²) in [6.45, 7) is 0. The first-order valence-electron chi connectivity index (χ1n) is 3.07. The van der Waals surface area contributed by atoms with E-state index in [0.717, 1.165) is 16.8 Å². The Balaban J connectivity index is 2.83. The molecule has 11 heavy (non-hydrogen) atoms. The van der Waals surface area contributed by atoms with Crippen LogP contribution in [0, 0.1) is 0 Å². The molecule has 4 N–H and O–H groups in total. The van der Waals surface area contributed by atoms with E-state index in [4.69, 9.17) is 15.2 Å². The summed E-state index contributed by atoms with van der Waals surface area (Å²) in [5.74, 6) is 0. The van der Waals surface area contributed by atoms with Gasteiger partial charge in [0.05, 0.1) is 0 Å². The Kier molecular flexibility index (Phi) is 2.96. The summed E-state index contributed by atoms with van der Waals surface area (Å²) < 4.78 is 0. The Labute approximate surface area is 69.5 Å². The quantitative estimate of drug-likeness (QED) is 0.405. The van der Waals surface area contributed by atoms with Crippen LogP contribution in [-0.2, 0) is 0 Å². The largest absolute Gasteiger partial charge is 0.488 e. The maximum Gasteiger partial charge on any atom is 0.488 e. The van der Waals surface area contributed by atoms with Crippen molar-refractivity contribution in [3.8, 4) is 0 Å². The van der Waals surface area contributed by atoms with Crippen molar-refractivity contribution in [3.05, 3.63) is 24.3 Å². The van der Waals surface area contributed by atoms with Crippen molar-refractivity contribution in [2.75, 3.05) is 0 Å². The van der Waals surface area contributed by atoms with Crippen LogP contribution in [0.1, 0.15) is 0 Å². The van der Waals surface area contributed by atoms with Gasteiger partial charge in [-0.15, -0.1) is 0 Å². The van der Waals surface area contributed by atoms with Crippen molar-refractivity contribution >= 4 is 24.5 Å². The van der Waals surface area contributed by atoms with Crippen LogP contribution in [0.3, 0.4) is 0 Å². The first-order valence-corrected chi connectivity index (χ1v) is 3.95. The summed E-state index contributed by atoms with van der Waals surface area (Å²) in [4.78, 5) is 0.898. The summed E-state index contributed by atoms with van der Waals surface area (Å²) in [5, 5.41) is 22.7. The third kappa shape index (κ3) is 2.23. The lowest BCUT2D eigenvalue weighted by Crippen LogP contribution is -2.29. The highest BCUT2D eigenvalue weighted by atomic mass is 32.2. The molecule has 0 bridgehead atoms. The fourth-order valence-corrected chi connectivity index (χ4v) is 1.01. The predicted molar refractivity (Wildman–Crippen MR) is 46.3 cm³/mol. The van der Waals surface area contributed by atoms with Gasteiger partial charge in [0.2, 0.25) is 0 Å². The molecule has 0 aromatic heterocycles. The Morgan fingerprint density at radius 3 is 2.09 bits per heavy atom. The van der Waals surface area contributed by atoms with Gasteiger partial charge in [0.25, 0.3) is 0 Å². The molecule has 1 aromatic carbocycles. The van der Waals surface area contributed by atoms with Crippen molar-refractivity contribution < 1.29 is 10.0 Å². The van der Waals surface area contributed by atoms with Gasteiger partial charge in [0, 0.05) is 4.90 Å². The van der Waals surface area contributed by atoms with Crippen LogP contribution >= 0.6 is 11.9 Å². The highest BCUT2D eigenvalue weighted by molar-refractivity contribution is 7.97. The minimum Gasteiger partial charge on any atom is -0.423 e. The minimum absolute atomic E-state index is 0.475. The Bertz CT molecular complexity index is 227. The molecule has 1 rings (SSSR count). The molecule has 0 unspecified atom stereocenters. The molecular formula is C6H8BNO2S. The normalized spacial score (nSPS) is 9.73. The Morgan fingerprint density at radius 2 is 1.73 bits per heavy atom. The van der Waals surface area contributed by atoms with E-state index < -0.39 is 7.12 Å². The van der Waals surface area contributed by atoms with Crippen molar-refractivity contribution in [1.29, 1.82) is 0 Å². The van der Waals surface area contributed by atoms with Crippen LogP contribution < -0.4 is 10.6 Å². The Hall–Kier alpha value is -0.485. The lowest BCUT2D eigenvalue weighted by molar-refractivity contribution is 0.426. The highest BCUT2D eigenvalue weighted by Crippen LogP contribution is 2.07. The summed E-state index contributed by atoms with van der Waals surface area (Å²) in [6.07, 6.45) is 0. The molecule has 58 valence electrons. The molecule has 0 saturated carbocycles. The molecule has 3 nitrogen and oxygen atoms in total. The van der Waals surface area contributed by atoms with Crippen LogP contribution in [0.2, 0.25) is 0 Å². The maximum absolute atomic E-state index is 8.70. The van der Waals surface area contributed by atoms with Gasteiger partial charge in [-0.05, 0) is 29.5 Å². The van der Waals surface area contributed by atoms with E-state index in [9.17, 15) is 0 Å². The highest BCUT2D eigenvalue weighted by Gasteiger charge is 2.08. The molecule has 0 heterocycles. The summed E-state index contributed by atoms with van der Waals surface area (Å²) in [6, 6.07) is 6.72. The van der Waals surface area contributed by atoms with Crippen LogP contribution in [0.25, 0.3) is 0 Å². The smallest absolute Gasteiger partial charge is 0.423 e. The average molecular weight is 169 g/mol. The molecule has 0 aliphatic rings. The van der Waals surface area contributed by atoms with E-state index in [-0.39, 0.29) is 0 Å².